The molecule has 1 N–H and O–H groups in total. The highest BCUT2D eigenvalue weighted by molar-refractivity contribution is 5.91. The van der Waals surface area contributed by atoms with Gasteiger partial charge < -0.3 is 14.8 Å². The molecule has 0 aliphatic carbocycles. The number of para-hydroxylation sites is 2. The topological polar surface area (TPSA) is 94.8 Å². The van der Waals surface area contributed by atoms with Crippen LogP contribution in [0.3, 0.4) is 0 Å². The molecule has 1 amide bonds. The molecule has 1 aromatic carbocycles. The van der Waals surface area contributed by atoms with E-state index in [-0.39, 0.29) is 5.92 Å². The number of esters is 1. The molecule has 1 aliphatic heterocycles. The minimum Gasteiger partial charge on any atom is -0.467 e. The number of hydrogen-bond acceptors (Lipinski definition) is 6. The molecular weight excluding hydrogens is 388 g/mol. The van der Waals surface area contributed by atoms with Gasteiger partial charge in [-0.3, -0.25) is 9.47 Å². The van der Waals surface area contributed by atoms with E-state index in [1.165, 1.54) is 7.11 Å². The van der Waals surface area contributed by atoms with Crippen molar-refractivity contribution in [1.29, 1.82) is 0 Å². The molecule has 9 nitrogen and oxygen atoms in total. The van der Waals surface area contributed by atoms with Gasteiger partial charge in [0.15, 0.2) is 0 Å². The fourth-order valence-corrected chi connectivity index (χ4v) is 3.68. The maximum Gasteiger partial charge on any atom is 0.337 e. The highest BCUT2D eigenvalue weighted by Crippen LogP contribution is 2.14. The highest BCUT2D eigenvalue weighted by atomic mass is 16.5. The van der Waals surface area contributed by atoms with Gasteiger partial charge in [0.05, 0.1) is 31.4 Å². The molecule has 0 spiro atoms. The number of carbonyl (C=O) groups is 2. The Labute approximate surface area is 175 Å². The van der Waals surface area contributed by atoms with Crippen LogP contribution in [0.1, 0.15) is 20.3 Å². The van der Waals surface area contributed by atoms with E-state index in [0.717, 1.165) is 17.7 Å². The lowest BCUT2D eigenvalue weighted by Gasteiger charge is -2.26. The van der Waals surface area contributed by atoms with E-state index in [4.69, 9.17) is 9.47 Å². The normalized spacial score (nSPS) is 16.9. The second-order valence-corrected chi connectivity index (χ2v) is 7.55. The molecular formula is C21H30N4O5. The van der Waals surface area contributed by atoms with Crippen LogP contribution in [0, 0.1) is 5.92 Å². The molecule has 1 aliphatic rings. The van der Waals surface area contributed by atoms with Gasteiger partial charge in [-0.25, -0.2) is 19.0 Å². The van der Waals surface area contributed by atoms with Crippen molar-refractivity contribution in [3.05, 3.63) is 34.7 Å². The summed E-state index contributed by atoms with van der Waals surface area (Å²) < 4.78 is 12.9. The van der Waals surface area contributed by atoms with Gasteiger partial charge in [-0.2, -0.15) is 0 Å². The number of aromatic nitrogens is 2. The van der Waals surface area contributed by atoms with Crippen molar-refractivity contribution >= 4 is 23.0 Å². The third kappa shape index (κ3) is 4.57. The quantitative estimate of drug-likeness (QED) is 0.681. The molecule has 1 saturated heterocycles. The molecule has 0 unspecified atom stereocenters. The van der Waals surface area contributed by atoms with Crippen LogP contribution < -0.4 is 11.0 Å². The maximum absolute atomic E-state index is 13.2. The lowest BCUT2D eigenvalue weighted by Crippen LogP contribution is -2.49. The first-order valence-electron chi connectivity index (χ1n) is 10.4. The van der Waals surface area contributed by atoms with Gasteiger partial charge in [0.1, 0.15) is 6.04 Å². The summed E-state index contributed by atoms with van der Waals surface area (Å²) in [5.74, 6) is -0.659. The van der Waals surface area contributed by atoms with Gasteiger partial charge in [-0.05, 0) is 18.1 Å². The molecule has 2 atom stereocenters. The smallest absolute Gasteiger partial charge is 0.337 e. The van der Waals surface area contributed by atoms with E-state index in [0.29, 0.717) is 43.8 Å². The Hall–Kier alpha value is -2.65. The van der Waals surface area contributed by atoms with Crippen LogP contribution in [0.15, 0.2) is 29.1 Å². The van der Waals surface area contributed by atoms with Crippen LogP contribution in [-0.2, 0) is 20.8 Å². The molecule has 1 fully saturated rings. The molecule has 0 radical (unpaired) electrons. The third-order valence-electron chi connectivity index (χ3n) is 5.73. The second kappa shape index (κ2) is 9.90. The Morgan fingerprint density at radius 1 is 1.17 bits per heavy atom. The van der Waals surface area contributed by atoms with Crippen molar-refractivity contribution in [2.45, 2.75) is 32.9 Å². The third-order valence-corrected chi connectivity index (χ3v) is 5.73. The Bertz CT molecular complexity index is 945. The average molecular weight is 418 g/mol. The maximum atomic E-state index is 13.2. The van der Waals surface area contributed by atoms with E-state index in [1.807, 2.05) is 26.0 Å². The van der Waals surface area contributed by atoms with Gasteiger partial charge in [-0.15, -0.1) is 0 Å². The van der Waals surface area contributed by atoms with Gasteiger partial charge in [0, 0.05) is 26.2 Å². The summed E-state index contributed by atoms with van der Waals surface area (Å²) >= 11 is 0. The summed E-state index contributed by atoms with van der Waals surface area (Å²) in [6.45, 7) is 7.95. The van der Waals surface area contributed by atoms with Crippen molar-refractivity contribution < 1.29 is 19.1 Å². The number of amides is 1. The van der Waals surface area contributed by atoms with Gasteiger partial charge in [0.2, 0.25) is 0 Å². The largest absolute Gasteiger partial charge is 0.467 e. The number of morpholine rings is 1. The van der Waals surface area contributed by atoms with Crippen LogP contribution in [0.5, 0.6) is 0 Å². The van der Waals surface area contributed by atoms with Crippen LogP contribution in [0.4, 0.5) is 4.79 Å². The lowest BCUT2D eigenvalue weighted by atomic mass is 9.99. The van der Waals surface area contributed by atoms with Crippen molar-refractivity contribution in [1.82, 2.24) is 19.4 Å². The van der Waals surface area contributed by atoms with Gasteiger partial charge in [-0.1, -0.05) is 32.4 Å². The minimum absolute atomic E-state index is 0.133. The van der Waals surface area contributed by atoms with Crippen molar-refractivity contribution in [3.63, 3.8) is 0 Å². The Morgan fingerprint density at radius 2 is 1.83 bits per heavy atom. The van der Waals surface area contributed by atoms with E-state index in [9.17, 15) is 14.4 Å². The first kappa shape index (κ1) is 22.0. The van der Waals surface area contributed by atoms with Crippen molar-refractivity contribution in [3.8, 4) is 0 Å². The summed E-state index contributed by atoms with van der Waals surface area (Å²) in [7, 11) is 1.29. The Morgan fingerprint density at radius 3 is 2.47 bits per heavy atom. The molecule has 30 heavy (non-hydrogen) atoms. The van der Waals surface area contributed by atoms with Crippen molar-refractivity contribution in [2.24, 2.45) is 5.92 Å². The Kier molecular flexibility index (Phi) is 7.28. The SMILES string of the molecule is CC[C@H](C)[C@H](NC(=O)n1c(=O)n(CCN2CCOCC2)c2ccccc21)C(=O)OC. The van der Waals surface area contributed by atoms with Crippen LogP contribution >= 0.6 is 0 Å². The molecule has 3 rings (SSSR count). The number of nitrogens with one attached hydrogen (secondary N) is 1. The van der Waals surface area contributed by atoms with Crippen LogP contribution in [-0.4, -0.2) is 72.0 Å². The number of ether oxygens (including phenoxy) is 2. The van der Waals surface area contributed by atoms with Crippen molar-refractivity contribution in [2.75, 3.05) is 40.0 Å². The second-order valence-electron chi connectivity index (χ2n) is 7.55. The van der Waals surface area contributed by atoms with E-state index < -0.39 is 23.7 Å². The molecule has 164 valence electrons. The standard InChI is InChI=1S/C21H30N4O5/c1-4-15(2)18(19(26)29-3)22-20(27)25-17-8-6-5-7-16(17)24(21(25)28)10-9-23-11-13-30-14-12-23/h5-8,15,18H,4,9-14H2,1-3H3,(H,22,27)/t15-,18-/m0/s1. The number of imidazole rings is 1. The fraction of sp³-hybridized carbons (Fsp3) is 0.571. The zero-order valence-corrected chi connectivity index (χ0v) is 17.8. The summed E-state index contributed by atoms with van der Waals surface area (Å²) in [5.41, 5.74) is 0.772. The molecule has 0 bridgehead atoms. The zero-order chi connectivity index (χ0) is 21.7. The number of nitrogens with zero attached hydrogens (tertiary/aromatic N) is 3. The average Bonchev–Trinajstić information content (AvgIpc) is 3.06. The summed E-state index contributed by atoms with van der Waals surface area (Å²) in [5, 5.41) is 2.70. The summed E-state index contributed by atoms with van der Waals surface area (Å²) in [6.07, 6.45) is 0.677. The molecule has 9 heteroatoms. The van der Waals surface area contributed by atoms with E-state index >= 15 is 0 Å². The summed E-state index contributed by atoms with van der Waals surface area (Å²) in [6, 6.07) is 5.73. The number of rotatable bonds is 7. The molecule has 0 saturated carbocycles. The summed E-state index contributed by atoms with van der Waals surface area (Å²) in [4.78, 5) is 40.6. The monoisotopic (exact) mass is 418 g/mol. The molecule has 1 aromatic heterocycles. The lowest BCUT2D eigenvalue weighted by molar-refractivity contribution is -0.144. The number of hydrogen-bond donors (Lipinski definition) is 1. The molecule has 2 heterocycles. The van der Waals surface area contributed by atoms with E-state index in [2.05, 4.69) is 10.2 Å². The first-order chi connectivity index (χ1) is 14.5. The predicted octanol–water partition coefficient (Wildman–Crippen LogP) is 1.28. The number of carbonyl (C=O) groups excluding carboxylic acids is 2. The van der Waals surface area contributed by atoms with E-state index in [1.54, 1.807) is 16.7 Å². The number of methoxy groups -OCH3 is 1. The van der Waals surface area contributed by atoms with Gasteiger partial charge in [0.25, 0.3) is 0 Å². The predicted molar refractivity (Wildman–Crippen MR) is 113 cm³/mol. The number of benzene rings is 1. The Balaban J connectivity index is 1.89. The first-order valence-corrected chi connectivity index (χ1v) is 10.4. The number of fused-ring (bicyclic) bond motifs is 1. The minimum atomic E-state index is -0.824. The van der Waals surface area contributed by atoms with Gasteiger partial charge >= 0.3 is 17.7 Å². The fourth-order valence-electron chi connectivity index (χ4n) is 3.68. The molecule has 2 aromatic rings. The van der Waals surface area contributed by atoms with Crippen LogP contribution in [0.2, 0.25) is 0 Å². The van der Waals surface area contributed by atoms with Crippen LogP contribution in [0.25, 0.3) is 11.0 Å². The highest BCUT2D eigenvalue weighted by Gasteiger charge is 2.29. The zero-order valence-electron chi connectivity index (χ0n) is 17.8.